The SMILES string of the molecule is CC(=O)O.OCCOCCOCCOCCOCCOCCOCCOCCOCCOCCOCCOCCOCCOCCO. The van der Waals surface area contributed by atoms with Crippen molar-refractivity contribution in [2.45, 2.75) is 6.92 Å². The summed E-state index contributed by atoms with van der Waals surface area (Å²) in [4.78, 5) is 9.00. The summed E-state index contributed by atoms with van der Waals surface area (Å²) in [6.45, 7) is 13.7. The molecule has 0 atom stereocenters. The van der Waals surface area contributed by atoms with E-state index in [9.17, 15) is 0 Å². The molecule has 0 aliphatic rings. The van der Waals surface area contributed by atoms with Crippen LogP contribution in [0.5, 0.6) is 0 Å². The molecule has 0 saturated carbocycles. The molecule has 3 N–H and O–H groups in total. The molecule has 0 aromatic heterocycles. The van der Waals surface area contributed by atoms with Crippen molar-refractivity contribution in [2.24, 2.45) is 0 Å². The lowest BCUT2D eigenvalue weighted by molar-refractivity contribution is -0.134. The largest absolute Gasteiger partial charge is 0.481 e. The maximum absolute atomic E-state index is 9.00. The second-order valence-corrected chi connectivity index (χ2v) is 8.93. The van der Waals surface area contributed by atoms with E-state index < -0.39 is 5.97 Å². The van der Waals surface area contributed by atoms with E-state index in [2.05, 4.69) is 0 Å². The average Bonchev–Trinajstić information content (AvgIpc) is 3.05. The van der Waals surface area contributed by atoms with E-state index in [1.807, 2.05) is 0 Å². The summed E-state index contributed by atoms with van der Waals surface area (Å²) >= 11 is 0. The van der Waals surface area contributed by atoms with E-state index >= 15 is 0 Å². The molecule has 0 aliphatic heterocycles. The van der Waals surface area contributed by atoms with Crippen molar-refractivity contribution in [3.8, 4) is 0 Å². The Labute approximate surface area is 279 Å². The maximum atomic E-state index is 9.00. The number of aliphatic hydroxyl groups is 2. The molecule has 17 nitrogen and oxygen atoms in total. The molecule has 284 valence electrons. The first kappa shape index (κ1) is 48.0. The first-order valence-corrected chi connectivity index (χ1v) is 16.1. The first-order valence-electron chi connectivity index (χ1n) is 16.1. The van der Waals surface area contributed by atoms with E-state index in [0.29, 0.717) is 172 Å². The van der Waals surface area contributed by atoms with E-state index in [-0.39, 0.29) is 13.2 Å². The van der Waals surface area contributed by atoms with E-state index in [4.69, 9.17) is 81.7 Å². The van der Waals surface area contributed by atoms with E-state index in [1.54, 1.807) is 0 Å². The Kier molecular flexibility index (Phi) is 48.0. The third-order valence-corrected chi connectivity index (χ3v) is 4.94. The second kappa shape index (κ2) is 47.0. The lowest BCUT2D eigenvalue weighted by atomic mass is 10.6. The number of carbonyl (C=O) groups is 1. The molecular formula is C30H62O17. The van der Waals surface area contributed by atoms with Crippen molar-refractivity contribution >= 4 is 5.97 Å². The Balaban J connectivity index is 0. The van der Waals surface area contributed by atoms with Crippen molar-refractivity contribution in [1.29, 1.82) is 0 Å². The number of aliphatic carboxylic acids is 1. The van der Waals surface area contributed by atoms with Gasteiger partial charge in [-0.05, 0) is 0 Å². The van der Waals surface area contributed by atoms with Gasteiger partial charge in [-0.3, -0.25) is 4.79 Å². The van der Waals surface area contributed by atoms with Gasteiger partial charge in [0.05, 0.1) is 185 Å². The Morgan fingerprint density at radius 3 is 0.468 bits per heavy atom. The first-order chi connectivity index (χ1) is 23.1. The molecule has 0 aliphatic carbocycles. The van der Waals surface area contributed by atoms with Crippen LogP contribution in [0.1, 0.15) is 6.92 Å². The van der Waals surface area contributed by atoms with Crippen LogP contribution >= 0.6 is 0 Å². The van der Waals surface area contributed by atoms with Crippen molar-refractivity contribution in [2.75, 3.05) is 185 Å². The van der Waals surface area contributed by atoms with Crippen LogP contribution in [0.3, 0.4) is 0 Å². The highest BCUT2D eigenvalue weighted by Gasteiger charge is 1.97. The molecule has 17 heteroatoms. The van der Waals surface area contributed by atoms with Crippen molar-refractivity contribution in [3.63, 3.8) is 0 Å². The van der Waals surface area contributed by atoms with Gasteiger partial charge < -0.3 is 76.9 Å². The molecule has 0 radical (unpaired) electrons. The van der Waals surface area contributed by atoms with Gasteiger partial charge in [0.25, 0.3) is 5.97 Å². The summed E-state index contributed by atoms with van der Waals surface area (Å²) < 4.78 is 69.7. The van der Waals surface area contributed by atoms with Crippen LogP contribution in [-0.2, 0) is 66.4 Å². The molecule has 0 amide bonds. The molecular weight excluding hydrogens is 632 g/mol. The Bertz CT molecular complexity index is 519. The third kappa shape index (κ3) is 54.6. The molecule has 0 bridgehead atoms. The van der Waals surface area contributed by atoms with Crippen LogP contribution in [0.4, 0.5) is 0 Å². The smallest absolute Gasteiger partial charge is 0.300 e. The fourth-order valence-corrected chi connectivity index (χ4v) is 2.87. The van der Waals surface area contributed by atoms with Gasteiger partial charge >= 0.3 is 0 Å². The summed E-state index contributed by atoms with van der Waals surface area (Å²) in [5.41, 5.74) is 0. The third-order valence-electron chi connectivity index (χ3n) is 4.94. The van der Waals surface area contributed by atoms with Crippen molar-refractivity contribution in [3.05, 3.63) is 0 Å². The average molecular weight is 695 g/mol. The molecule has 0 rings (SSSR count). The number of carboxylic acid groups (broad SMARTS) is 1. The Morgan fingerprint density at radius 2 is 0.383 bits per heavy atom. The van der Waals surface area contributed by atoms with Crippen molar-refractivity contribution < 1.29 is 81.7 Å². The van der Waals surface area contributed by atoms with Gasteiger partial charge in [0.2, 0.25) is 0 Å². The Morgan fingerprint density at radius 1 is 0.298 bits per heavy atom. The number of carboxylic acids is 1. The van der Waals surface area contributed by atoms with Crippen LogP contribution in [0.25, 0.3) is 0 Å². The molecule has 0 unspecified atom stereocenters. The minimum atomic E-state index is -0.833. The van der Waals surface area contributed by atoms with Gasteiger partial charge in [-0.15, -0.1) is 0 Å². The molecule has 0 spiro atoms. The van der Waals surface area contributed by atoms with E-state index in [1.165, 1.54) is 0 Å². The zero-order valence-corrected chi connectivity index (χ0v) is 28.4. The predicted molar refractivity (Wildman–Crippen MR) is 168 cm³/mol. The molecule has 47 heavy (non-hydrogen) atoms. The van der Waals surface area contributed by atoms with Crippen molar-refractivity contribution in [1.82, 2.24) is 0 Å². The standard InChI is InChI=1S/C28H58O15.C2H4O2/c29-1-3-31-5-7-33-9-11-35-13-15-37-17-19-39-21-23-41-25-27-43-28-26-42-24-22-40-20-18-38-16-14-36-12-10-34-8-6-32-4-2-30;1-2(3)4/h29-30H,1-28H2;1H3,(H,3,4). The van der Waals surface area contributed by atoms with Gasteiger partial charge in [0, 0.05) is 6.92 Å². The number of hydrogen-bond acceptors (Lipinski definition) is 16. The molecule has 0 aromatic carbocycles. The normalized spacial score (nSPS) is 11.1. The molecule has 0 fully saturated rings. The summed E-state index contributed by atoms with van der Waals surface area (Å²) in [5.74, 6) is -0.833. The zero-order valence-electron chi connectivity index (χ0n) is 28.4. The Hall–Kier alpha value is -1.13. The highest BCUT2D eigenvalue weighted by atomic mass is 16.6. The van der Waals surface area contributed by atoms with Crippen LogP contribution in [0, 0.1) is 0 Å². The fourth-order valence-electron chi connectivity index (χ4n) is 2.87. The number of aliphatic hydroxyl groups excluding tert-OH is 2. The highest BCUT2D eigenvalue weighted by Crippen LogP contribution is 1.87. The van der Waals surface area contributed by atoms with Crippen LogP contribution in [0.15, 0.2) is 0 Å². The molecule has 0 heterocycles. The molecule has 0 aromatic rings. The van der Waals surface area contributed by atoms with Gasteiger partial charge in [0.15, 0.2) is 0 Å². The summed E-state index contributed by atoms with van der Waals surface area (Å²) in [5, 5.41) is 24.6. The van der Waals surface area contributed by atoms with Gasteiger partial charge in [-0.1, -0.05) is 0 Å². The second-order valence-electron chi connectivity index (χ2n) is 8.93. The highest BCUT2D eigenvalue weighted by molar-refractivity contribution is 5.62. The van der Waals surface area contributed by atoms with Gasteiger partial charge in [0.1, 0.15) is 0 Å². The van der Waals surface area contributed by atoms with Gasteiger partial charge in [-0.2, -0.15) is 0 Å². The maximum Gasteiger partial charge on any atom is 0.300 e. The lowest BCUT2D eigenvalue weighted by Gasteiger charge is -2.09. The minimum absolute atomic E-state index is 0.0234. The van der Waals surface area contributed by atoms with Crippen LogP contribution in [-0.4, -0.2) is 206 Å². The summed E-state index contributed by atoms with van der Waals surface area (Å²) in [6.07, 6.45) is 0. The quantitative estimate of drug-likeness (QED) is 0.0679. The van der Waals surface area contributed by atoms with Gasteiger partial charge in [-0.25, -0.2) is 0 Å². The van der Waals surface area contributed by atoms with Crippen LogP contribution in [0.2, 0.25) is 0 Å². The minimum Gasteiger partial charge on any atom is -0.481 e. The number of hydrogen-bond donors (Lipinski definition) is 3. The number of ether oxygens (including phenoxy) is 13. The monoisotopic (exact) mass is 694 g/mol. The topological polar surface area (TPSA) is 198 Å². The molecule has 0 saturated heterocycles. The lowest BCUT2D eigenvalue weighted by Crippen LogP contribution is -2.15. The predicted octanol–water partition coefficient (Wildman–Crippen LogP) is -0.722. The van der Waals surface area contributed by atoms with Crippen LogP contribution < -0.4 is 0 Å². The summed E-state index contributed by atoms with van der Waals surface area (Å²) in [6, 6.07) is 0. The number of rotatable bonds is 40. The van der Waals surface area contributed by atoms with E-state index in [0.717, 1.165) is 6.92 Å². The zero-order chi connectivity index (χ0) is 34.6. The fraction of sp³-hybridized carbons (Fsp3) is 0.967. The summed E-state index contributed by atoms with van der Waals surface area (Å²) in [7, 11) is 0.